The van der Waals surface area contributed by atoms with E-state index in [9.17, 15) is 4.79 Å². The van der Waals surface area contributed by atoms with E-state index in [2.05, 4.69) is 48.6 Å². The van der Waals surface area contributed by atoms with E-state index in [0.717, 1.165) is 50.7 Å². The Labute approximate surface area is 240 Å². The van der Waals surface area contributed by atoms with Gasteiger partial charge < -0.3 is 14.8 Å². The Morgan fingerprint density at radius 1 is 1.02 bits per heavy atom. The zero-order valence-electron chi connectivity index (χ0n) is 23.4. The molecule has 5 rings (SSSR count). The lowest BCUT2D eigenvalue weighted by molar-refractivity contribution is 0.228. The van der Waals surface area contributed by atoms with Crippen LogP contribution in [0.15, 0.2) is 132 Å². The number of aromatic nitrogens is 2. The number of rotatable bonds is 10. The molecular weight excluding hydrogens is 510 g/mol. The molecular formula is C35H33N3O3. The number of allylic oxidation sites excluding steroid dienone is 2. The molecule has 0 atom stereocenters. The van der Waals surface area contributed by atoms with E-state index >= 15 is 0 Å². The van der Waals surface area contributed by atoms with Crippen LogP contribution in [0.3, 0.4) is 0 Å². The molecule has 4 aromatic rings. The average molecular weight is 544 g/mol. The molecule has 6 heteroatoms. The molecule has 206 valence electrons. The summed E-state index contributed by atoms with van der Waals surface area (Å²) in [7, 11) is 1.63. The highest BCUT2D eigenvalue weighted by atomic mass is 16.5. The fraction of sp³-hybridized carbons (Fsp3) is 0.143. The third kappa shape index (κ3) is 5.77. The quantitative estimate of drug-likeness (QED) is 0.128. The molecule has 1 heterocycles. The van der Waals surface area contributed by atoms with Gasteiger partial charge in [0.05, 0.1) is 19.4 Å². The first-order valence-corrected chi connectivity index (χ1v) is 13.5. The van der Waals surface area contributed by atoms with Gasteiger partial charge in [-0.1, -0.05) is 67.3 Å². The van der Waals surface area contributed by atoms with Gasteiger partial charge in [-0.2, -0.15) is 4.98 Å². The Kier molecular flexibility index (Phi) is 8.30. The van der Waals surface area contributed by atoms with Crippen LogP contribution in [0.2, 0.25) is 0 Å². The van der Waals surface area contributed by atoms with Gasteiger partial charge >= 0.3 is 5.69 Å². The molecule has 3 aromatic carbocycles. The van der Waals surface area contributed by atoms with Crippen LogP contribution in [0.5, 0.6) is 5.75 Å². The minimum absolute atomic E-state index is 0.367. The molecule has 1 N–H and O–H groups in total. The summed E-state index contributed by atoms with van der Waals surface area (Å²) in [6, 6.07) is 27.3. The van der Waals surface area contributed by atoms with Gasteiger partial charge in [0, 0.05) is 34.5 Å². The zero-order chi connectivity index (χ0) is 28.8. The van der Waals surface area contributed by atoms with E-state index in [4.69, 9.17) is 9.47 Å². The van der Waals surface area contributed by atoms with Crippen LogP contribution >= 0.6 is 0 Å². The lowest BCUT2D eigenvalue weighted by atomic mass is 9.89. The molecule has 1 aromatic heterocycles. The van der Waals surface area contributed by atoms with Crippen molar-refractivity contribution in [3.63, 3.8) is 0 Å². The van der Waals surface area contributed by atoms with Crippen LogP contribution in [0.25, 0.3) is 11.3 Å². The predicted octanol–water partition coefficient (Wildman–Crippen LogP) is 7.40. The Morgan fingerprint density at radius 2 is 1.71 bits per heavy atom. The molecule has 0 saturated heterocycles. The first kappa shape index (κ1) is 27.5. The van der Waals surface area contributed by atoms with Gasteiger partial charge in [0.2, 0.25) is 0 Å². The lowest BCUT2D eigenvalue weighted by Gasteiger charge is -2.23. The van der Waals surface area contributed by atoms with Crippen molar-refractivity contribution in [1.82, 2.24) is 9.55 Å². The van der Waals surface area contributed by atoms with Gasteiger partial charge in [-0.15, -0.1) is 6.58 Å². The van der Waals surface area contributed by atoms with Crippen molar-refractivity contribution in [2.45, 2.75) is 19.8 Å². The standard InChI is InChI=1S/C35H33N3O3/c1-5-6-23-41-25(3)31-24(2)17-22-30-33(32(31)26-13-9-7-10-14-26)34(36-27-18-20-29(40-4)21-19-27)37-35(39)38(30)28-15-11-8-12-16-28/h5,7-21H,1,3,6,22-23H2,2,4H3,(H,36,37,39). The molecule has 0 fully saturated rings. The van der Waals surface area contributed by atoms with Crippen molar-refractivity contribution in [1.29, 1.82) is 0 Å². The number of ether oxygens (including phenoxy) is 2. The van der Waals surface area contributed by atoms with Crippen molar-refractivity contribution < 1.29 is 9.47 Å². The molecule has 1 aliphatic rings. The minimum atomic E-state index is -0.367. The number of benzene rings is 3. The fourth-order valence-corrected chi connectivity index (χ4v) is 5.03. The van der Waals surface area contributed by atoms with Gasteiger partial charge in [0.15, 0.2) is 0 Å². The highest BCUT2D eigenvalue weighted by Gasteiger charge is 2.28. The molecule has 0 spiro atoms. The van der Waals surface area contributed by atoms with Gasteiger partial charge in [-0.3, -0.25) is 4.57 Å². The van der Waals surface area contributed by atoms with E-state index in [-0.39, 0.29) is 5.69 Å². The van der Waals surface area contributed by atoms with Crippen LogP contribution < -0.4 is 15.7 Å². The van der Waals surface area contributed by atoms with E-state index < -0.39 is 0 Å². The Bertz CT molecular complexity index is 1680. The first-order valence-electron chi connectivity index (χ1n) is 13.5. The SMILES string of the molecule is C=CCCOC(=C)C1=C(c2ccccc2)c2c(Nc3ccc(OC)cc3)nc(=O)n(-c3ccccc3)c2CC=C1C. The van der Waals surface area contributed by atoms with Gasteiger partial charge in [-0.05, 0) is 60.9 Å². The lowest BCUT2D eigenvalue weighted by Crippen LogP contribution is -2.27. The molecule has 0 saturated carbocycles. The van der Waals surface area contributed by atoms with Crippen molar-refractivity contribution >= 4 is 17.1 Å². The molecule has 0 bridgehead atoms. The third-order valence-electron chi connectivity index (χ3n) is 7.00. The second kappa shape index (κ2) is 12.4. The van der Waals surface area contributed by atoms with Crippen molar-refractivity contribution in [2.24, 2.45) is 0 Å². The predicted molar refractivity (Wildman–Crippen MR) is 166 cm³/mol. The van der Waals surface area contributed by atoms with E-state index in [1.807, 2.05) is 78.9 Å². The minimum Gasteiger partial charge on any atom is -0.497 e. The van der Waals surface area contributed by atoms with E-state index in [0.29, 0.717) is 31.0 Å². The number of fused-ring (bicyclic) bond motifs is 1. The molecule has 6 nitrogen and oxygen atoms in total. The Morgan fingerprint density at radius 3 is 2.37 bits per heavy atom. The highest BCUT2D eigenvalue weighted by Crippen LogP contribution is 2.42. The summed E-state index contributed by atoms with van der Waals surface area (Å²) in [6.07, 6.45) is 5.16. The molecule has 0 radical (unpaired) electrons. The number of nitrogens with one attached hydrogen (secondary N) is 1. The highest BCUT2D eigenvalue weighted by molar-refractivity contribution is 5.93. The van der Waals surface area contributed by atoms with Crippen LogP contribution in [-0.2, 0) is 11.2 Å². The van der Waals surface area contributed by atoms with Crippen molar-refractivity contribution in [3.05, 3.63) is 154 Å². The summed E-state index contributed by atoms with van der Waals surface area (Å²) in [5, 5.41) is 3.44. The normalized spacial score (nSPS) is 12.6. The number of hydrogen-bond donors (Lipinski definition) is 1. The number of nitrogens with zero attached hydrogens (tertiary/aromatic N) is 2. The monoisotopic (exact) mass is 543 g/mol. The number of anilines is 2. The van der Waals surface area contributed by atoms with Crippen LogP contribution in [0.4, 0.5) is 11.5 Å². The molecule has 1 aliphatic carbocycles. The van der Waals surface area contributed by atoms with Gasteiger partial charge in [0.1, 0.15) is 17.3 Å². The van der Waals surface area contributed by atoms with Crippen LogP contribution in [0.1, 0.15) is 30.2 Å². The third-order valence-corrected chi connectivity index (χ3v) is 7.00. The number of methoxy groups -OCH3 is 1. The Hall–Kier alpha value is -5.10. The second-order valence-corrected chi connectivity index (χ2v) is 9.65. The van der Waals surface area contributed by atoms with Crippen molar-refractivity contribution in [2.75, 3.05) is 19.0 Å². The fourth-order valence-electron chi connectivity index (χ4n) is 5.03. The topological polar surface area (TPSA) is 65.4 Å². The van der Waals surface area contributed by atoms with Gasteiger partial charge in [0.25, 0.3) is 0 Å². The maximum absolute atomic E-state index is 13.7. The second-order valence-electron chi connectivity index (χ2n) is 9.65. The summed E-state index contributed by atoms with van der Waals surface area (Å²) in [4.78, 5) is 18.4. The number of para-hydroxylation sites is 1. The summed E-state index contributed by atoms with van der Waals surface area (Å²) in [5.74, 6) is 1.75. The maximum atomic E-state index is 13.7. The summed E-state index contributed by atoms with van der Waals surface area (Å²) in [5.41, 5.74) is 6.53. The number of hydrogen-bond acceptors (Lipinski definition) is 5. The van der Waals surface area contributed by atoms with E-state index in [1.54, 1.807) is 11.7 Å². The summed E-state index contributed by atoms with van der Waals surface area (Å²) < 4.78 is 13.2. The average Bonchev–Trinajstić information content (AvgIpc) is 3.15. The molecule has 0 unspecified atom stereocenters. The van der Waals surface area contributed by atoms with Crippen molar-refractivity contribution in [3.8, 4) is 11.4 Å². The molecule has 0 amide bonds. The molecule has 0 aliphatic heterocycles. The van der Waals surface area contributed by atoms with Gasteiger partial charge in [-0.25, -0.2) is 4.79 Å². The largest absolute Gasteiger partial charge is 0.497 e. The summed E-state index contributed by atoms with van der Waals surface area (Å²) in [6.45, 7) is 10.7. The first-order chi connectivity index (χ1) is 20.0. The van der Waals surface area contributed by atoms with E-state index in [1.165, 1.54) is 0 Å². The summed E-state index contributed by atoms with van der Waals surface area (Å²) >= 11 is 0. The van der Waals surface area contributed by atoms with Crippen LogP contribution in [0, 0.1) is 0 Å². The van der Waals surface area contributed by atoms with Crippen LogP contribution in [-0.4, -0.2) is 23.3 Å². The maximum Gasteiger partial charge on any atom is 0.354 e. The molecule has 41 heavy (non-hydrogen) atoms. The zero-order valence-corrected chi connectivity index (χ0v) is 23.4. The Balaban J connectivity index is 1.83. The smallest absolute Gasteiger partial charge is 0.354 e.